The average molecular weight is 250 g/mol. The summed E-state index contributed by atoms with van der Waals surface area (Å²) in [7, 11) is 1.92. The molecule has 0 bridgehead atoms. The predicted octanol–water partition coefficient (Wildman–Crippen LogP) is 0.256. The van der Waals surface area contributed by atoms with Crippen molar-refractivity contribution in [1.82, 2.24) is 24.5 Å². The summed E-state index contributed by atoms with van der Waals surface area (Å²) in [5.74, 6) is 0.401. The Labute approximate surface area is 104 Å². The third-order valence-corrected chi connectivity index (χ3v) is 2.65. The number of aryl methyl sites for hydroxylation is 2. The molecule has 0 unspecified atom stereocenters. The monoisotopic (exact) mass is 250 g/mol. The Morgan fingerprint density at radius 2 is 2.24 bits per heavy atom. The lowest BCUT2D eigenvalue weighted by Crippen LogP contribution is -2.13. The maximum atomic E-state index is 5.45. The molecule has 2 N–H and O–H groups in total. The largest absolute Gasteiger partial charge is 0.387 e. The van der Waals surface area contributed by atoms with Gasteiger partial charge in [0.2, 0.25) is 5.82 Å². The maximum absolute atomic E-state index is 5.45. The van der Waals surface area contributed by atoms with Gasteiger partial charge < -0.3 is 5.73 Å². The summed E-state index contributed by atoms with van der Waals surface area (Å²) < 4.78 is 3.55. The van der Waals surface area contributed by atoms with Crippen LogP contribution in [0.25, 0.3) is 0 Å². The average Bonchev–Trinajstić information content (AvgIpc) is 2.87. The topological polar surface area (TPSA) is 74.6 Å². The molecule has 2 rings (SSSR count). The Morgan fingerprint density at radius 3 is 2.76 bits per heavy atom. The second-order valence-electron chi connectivity index (χ2n) is 3.73. The molecule has 0 radical (unpaired) electrons. The van der Waals surface area contributed by atoms with Crippen LogP contribution in [0.4, 0.5) is 0 Å². The van der Waals surface area contributed by atoms with E-state index in [-0.39, 0.29) is 4.99 Å². The third-order valence-electron chi connectivity index (χ3n) is 2.47. The van der Waals surface area contributed by atoms with Crippen molar-refractivity contribution in [3.05, 3.63) is 29.6 Å². The molecule has 7 heteroatoms. The second-order valence-corrected chi connectivity index (χ2v) is 4.17. The first-order valence-corrected chi connectivity index (χ1v) is 5.72. The third kappa shape index (κ3) is 2.50. The highest BCUT2D eigenvalue weighted by Crippen LogP contribution is 2.05. The van der Waals surface area contributed by atoms with Crippen LogP contribution in [-0.2, 0) is 20.0 Å². The summed E-state index contributed by atoms with van der Waals surface area (Å²) in [6.45, 7) is 2.69. The molecule has 2 heterocycles. The summed E-state index contributed by atoms with van der Waals surface area (Å²) >= 11 is 4.81. The van der Waals surface area contributed by atoms with E-state index >= 15 is 0 Å². The fourth-order valence-corrected chi connectivity index (χ4v) is 1.64. The number of nitrogens with two attached hydrogens (primary N) is 1. The number of aromatic nitrogens is 5. The maximum Gasteiger partial charge on any atom is 0.208 e. The summed E-state index contributed by atoms with van der Waals surface area (Å²) in [5.41, 5.74) is 7.59. The Hall–Kier alpha value is -1.76. The van der Waals surface area contributed by atoms with Gasteiger partial charge in [-0.1, -0.05) is 19.1 Å². The van der Waals surface area contributed by atoms with E-state index < -0.39 is 0 Å². The fourth-order valence-electron chi connectivity index (χ4n) is 1.54. The van der Waals surface area contributed by atoms with Crippen molar-refractivity contribution in [1.29, 1.82) is 0 Å². The number of thiocarbonyl (C=S) groups is 1. The molecule has 2 aromatic heterocycles. The van der Waals surface area contributed by atoms with Crippen LogP contribution in [0.15, 0.2) is 12.4 Å². The number of rotatable bonds is 4. The molecule has 0 aliphatic carbocycles. The normalized spacial score (nSPS) is 10.7. The molecule has 0 amide bonds. The van der Waals surface area contributed by atoms with Crippen molar-refractivity contribution in [3.63, 3.8) is 0 Å². The highest BCUT2D eigenvalue weighted by molar-refractivity contribution is 7.80. The van der Waals surface area contributed by atoms with E-state index in [4.69, 9.17) is 18.0 Å². The zero-order valence-electron chi connectivity index (χ0n) is 9.79. The van der Waals surface area contributed by atoms with E-state index in [0.29, 0.717) is 12.4 Å². The van der Waals surface area contributed by atoms with E-state index in [0.717, 1.165) is 17.8 Å². The molecule has 0 saturated carbocycles. The van der Waals surface area contributed by atoms with Crippen LogP contribution in [0.3, 0.4) is 0 Å². The summed E-state index contributed by atoms with van der Waals surface area (Å²) in [4.78, 5) is 4.24. The van der Waals surface area contributed by atoms with Crippen molar-refractivity contribution in [2.24, 2.45) is 12.8 Å². The molecule has 0 spiro atoms. The SMILES string of the molecule is CCc1cc(Cn2cnc(C(N)=S)n2)n(C)n1. The van der Waals surface area contributed by atoms with Gasteiger partial charge in [-0.05, 0) is 12.5 Å². The molecule has 0 saturated heterocycles. The quantitative estimate of drug-likeness (QED) is 0.788. The Morgan fingerprint density at radius 1 is 1.47 bits per heavy atom. The fraction of sp³-hybridized carbons (Fsp3) is 0.400. The summed E-state index contributed by atoms with van der Waals surface area (Å²) in [6, 6.07) is 2.06. The Kier molecular flexibility index (Phi) is 3.19. The van der Waals surface area contributed by atoms with Crippen molar-refractivity contribution >= 4 is 17.2 Å². The van der Waals surface area contributed by atoms with Crippen LogP contribution in [-0.4, -0.2) is 29.5 Å². The van der Waals surface area contributed by atoms with Crippen LogP contribution in [0.1, 0.15) is 24.1 Å². The molecule has 0 aromatic carbocycles. The molecule has 0 aliphatic heterocycles. The first-order valence-electron chi connectivity index (χ1n) is 5.31. The van der Waals surface area contributed by atoms with Gasteiger partial charge in [-0.25, -0.2) is 9.67 Å². The van der Waals surface area contributed by atoms with E-state index in [9.17, 15) is 0 Å². The van der Waals surface area contributed by atoms with Gasteiger partial charge in [-0.15, -0.1) is 5.10 Å². The smallest absolute Gasteiger partial charge is 0.208 e. The van der Waals surface area contributed by atoms with Crippen LogP contribution >= 0.6 is 12.2 Å². The van der Waals surface area contributed by atoms with Gasteiger partial charge in [-0.2, -0.15) is 5.10 Å². The minimum Gasteiger partial charge on any atom is -0.387 e. The van der Waals surface area contributed by atoms with Gasteiger partial charge in [0, 0.05) is 7.05 Å². The Balaban J connectivity index is 2.19. The van der Waals surface area contributed by atoms with Crippen molar-refractivity contribution in [3.8, 4) is 0 Å². The standard InChI is InChI=1S/C10H14N6S/c1-3-7-4-8(15(2)13-7)5-16-6-12-10(14-16)9(11)17/h4,6H,3,5H2,1-2H3,(H2,11,17). The van der Waals surface area contributed by atoms with Crippen LogP contribution < -0.4 is 5.73 Å². The lowest BCUT2D eigenvalue weighted by Gasteiger charge is -2.00. The first-order chi connectivity index (χ1) is 8.10. The first kappa shape index (κ1) is 11.7. The lowest BCUT2D eigenvalue weighted by molar-refractivity contribution is 0.616. The van der Waals surface area contributed by atoms with Gasteiger partial charge in [0.1, 0.15) is 11.3 Å². The lowest BCUT2D eigenvalue weighted by atomic mass is 10.3. The van der Waals surface area contributed by atoms with Crippen molar-refractivity contribution < 1.29 is 0 Å². The summed E-state index contributed by atoms with van der Waals surface area (Å²) in [6.07, 6.45) is 2.54. The minimum atomic E-state index is 0.211. The van der Waals surface area contributed by atoms with E-state index in [2.05, 4.69) is 28.2 Å². The number of nitrogens with zero attached hydrogens (tertiary/aromatic N) is 5. The Bertz CT molecular complexity index is 541. The second kappa shape index (κ2) is 4.62. The molecule has 0 aliphatic rings. The van der Waals surface area contributed by atoms with Gasteiger partial charge in [0.05, 0.1) is 17.9 Å². The molecular weight excluding hydrogens is 236 g/mol. The molecule has 0 fully saturated rings. The number of hydrogen-bond acceptors (Lipinski definition) is 4. The van der Waals surface area contributed by atoms with E-state index in [1.54, 1.807) is 11.0 Å². The van der Waals surface area contributed by atoms with Crippen LogP contribution in [0.5, 0.6) is 0 Å². The van der Waals surface area contributed by atoms with Gasteiger partial charge in [-0.3, -0.25) is 4.68 Å². The van der Waals surface area contributed by atoms with Crippen LogP contribution in [0.2, 0.25) is 0 Å². The number of hydrogen-bond donors (Lipinski definition) is 1. The molecule has 17 heavy (non-hydrogen) atoms. The molecule has 0 atom stereocenters. The van der Waals surface area contributed by atoms with Crippen LogP contribution in [0, 0.1) is 0 Å². The summed E-state index contributed by atoms with van der Waals surface area (Å²) in [5, 5.41) is 8.55. The highest BCUT2D eigenvalue weighted by atomic mass is 32.1. The van der Waals surface area contributed by atoms with Crippen molar-refractivity contribution in [2.75, 3.05) is 0 Å². The molecular formula is C10H14N6S. The van der Waals surface area contributed by atoms with Gasteiger partial charge in [0.15, 0.2) is 0 Å². The van der Waals surface area contributed by atoms with Crippen molar-refractivity contribution in [2.45, 2.75) is 19.9 Å². The minimum absolute atomic E-state index is 0.211. The highest BCUT2D eigenvalue weighted by Gasteiger charge is 2.07. The molecule has 90 valence electrons. The van der Waals surface area contributed by atoms with E-state index in [1.165, 1.54) is 0 Å². The van der Waals surface area contributed by atoms with Gasteiger partial charge >= 0.3 is 0 Å². The zero-order chi connectivity index (χ0) is 12.4. The zero-order valence-corrected chi connectivity index (χ0v) is 10.6. The molecule has 2 aromatic rings. The predicted molar refractivity (Wildman–Crippen MR) is 67.6 cm³/mol. The van der Waals surface area contributed by atoms with Gasteiger partial charge in [0.25, 0.3) is 0 Å². The van der Waals surface area contributed by atoms with E-state index in [1.807, 2.05) is 11.7 Å². The molecule has 6 nitrogen and oxygen atoms in total.